The smallest absolute Gasteiger partial charge is 0.455 e. The number of fused-ring (bicyclic) bond motifs is 1. The summed E-state index contributed by atoms with van der Waals surface area (Å²) in [6.07, 6.45) is -9.37. The van der Waals surface area contributed by atoms with Gasteiger partial charge in [0.1, 0.15) is 54.2 Å². The summed E-state index contributed by atoms with van der Waals surface area (Å²) in [5.74, 6) is -2.19. The number of aliphatic hydroxyl groups is 2. The highest BCUT2D eigenvalue weighted by molar-refractivity contribution is 7.47. The van der Waals surface area contributed by atoms with Crippen LogP contribution in [-0.2, 0) is 51.3 Å². The van der Waals surface area contributed by atoms with Crippen molar-refractivity contribution >= 4 is 56.2 Å². The second kappa shape index (κ2) is 19.5. The van der Waals surface area contributed by atoms with Crippen molar-refractivity contribution in [2.75, 3.05) is 45.8 Å². The number of imidazole rings is 1. The minimum atomic E-state index is -5.44. The molecule has 0 radical (unpaired) electrons. The molecule has 3 aromatic rings. The van der Waals surface area contributed by atoms with E-state index in [2.05, 4.69) is 31.0 Å². The van der Waals surface area contributed by atoms with Crippen LogP contribution in [0.25, 0.3) is 11.2 Å². The zero-order valence-corrected chi connectivity index (χ0v) is 34.6. The van der Waals surface area contributed by atoms with E-state index in [1.165, 1.54) is 43.0 Å². The molecule has 5 rings (SSSR count). The highest BCUT2D eigenvalue weighted by atomic mass is 31.2. The number of aliphatic hydroxyl groups excluding tert-OH is 2. The third-order valence-corrected chi connectivity index (χ3v) is 11.0. The molecule has 10 atom stereocenters. The minimum Gasteiger partial charge on any atom is -0.455 e. The summed E-state index contributed by atoms with van der Waals surface area (Å²) in [5.41, 5.74) is 10.6. The van der Waals surface area contributed by atoms with E-state index in [9.17, 15) is 53.2 Å². The maximum absolute atomic E-state index is 14.0. The molecule has 61 heavy (non-hydrogen) atoms. The third-order valence-electron chi connectivity index (χ3n) is 9.55. The maximum Gasteiger partial charge on any atom is 0.472 e. The van der Waals surface area contributed by atoms with Gasteiger partial charge in [-0.1, -0.05) is 6.08 Å². The number of nitrogen functional groups attached to an aromatic ring is 2. The predicted octanol–water partition coefficient (Wildman–Crippen LogP) is -2.05. The first-order valence-corrected chi connectivity index (χ1v) is 21.2. The van der Waals surface area contributed by atoms with Gasteiger partial charge in [0, 0.05) is 40.2 Å². The lowest BCUT2D eigenvalue weighted by Gasteiger charge is -2.30. The Morgan fingerprint density at radius 2 is 1.59 bits per heavy atom. The lowest BCUT2D eigenvalue weighted by Crippen LogP contribution is -2.47. The number of amides is 2. The molecule has 9 N–H and O–H groups in total. The Labute approximate surface area is 345 Å². The molecular formula is C32H46N10O17P2. The number of phosphoric ester groups is 2. The number of carbonyl (C=O) groups excluding carboxylic acids is 3. The number of ether oxygens (including phenoxy) is 3. The fourth-order valence-electron chi connectivity index (χ4n) is 6.38. The Kier molecular flexibility index (Phi) is 15.1. The van der Waals surface area contributed by atoms with E-state index in [0.29, 0.717) is 0 Å². The second-order valence-corrected chi connectivity index (χ2v) is 16.6. The summed E-state index contributed by atoms with van der Waals surface area (Å²) < 4.78 is 59.4. The van der Waals surface area contributed by atoms with Gasteiger partial charge in [-0.2, -0.15) is 4.98 Å². The SMILES string of the molecule is C=CCCC(=O)N(C)C(CCC(=O)N(C)C)C(=O)O[C@H]1[C@@H](O)[C@H](n2cnc3c(N)ncnc32)O[C@@H]1COP(=O)(O)O[C@H]1[C@@H](O)[C@H](n2ccc(N)nc2=O)O[C@@H]1COP(=O)(O)O. The molecule has 0 bridgehead atoms. The molecule has 2 amide bonds. The molecule has 0 spiro atoms. The topological polar surface area (TPSA) is 379 Å². The Balaban J connectivity index is 1.42. The van der Waals surface area contributed by atoms with Gasteiger partial charge in [-0.15, -0.1) is 6.58 Å². The molecule has 2 unspecified atom stereocenters. The van der Waals surface area contributed by atoms with Gasteiger partial charge in [0.15, 0.2) is 30.0 Å². The van der Waals surface area contributed by atoms with Crippen LogP contribution in [0.5, 0.6) is 0 Å². The lowest BCUT2D eigenvalue weighted by molar-refractivity contribution is -0.165. The van der Waals surface area contributed by atoms with Crippen molar-refractivity contribution in [2.45, 2.75) is 80.8 Å². The van der Waals surface area contributed by atoms with Crippen LogP contribution in [0, 0.1) is 0 Å². The summed E-state index contributed by atoms with van der Waals surface area (Å²) in [7, 11) is -6.30. The number of esters is 1. The zero-order valence-electron chi connectivity index (χ0n) is 32.8. The van der Waals surface area contributed by atoms with E-state index in [4.69, 9.17) is 34.7 Å². The van der Waals surface area contributed by atoms with E-state index < -0.39 is 102 Å². The van der Waals surface area contributed by atoms with E-state index >= 15 is 0 Å². The van der Waals surface area contributed by atoms with Crippen molar-refractivity contribution in [1.82, 2.24) is 38.9 Å². The van der Waals surface area contributed by atoms with Crippen molar-refractivity contribution in [1.29, 1.82) is 0 Å². The Hall–Kier alpha value is -4.76. The van der Waals surface area contributed by atoms with Gasteiger partial charge in [0.25, 0.3) is 0 Å². The van der Waals surface area contributed by atoms with Crippen molar-refractivity contribution < 1.29 is 76.2 Å². The standard InChI is InChI=1S/C32H46N10O17P2/c1-5-6-7-21(44)40(4)16(8-9-20(43)39(2)3)31(47)58-25-17(56-30(23(25)45)42-15-37-22-27(34)35-14-36-28(22)42)13-55-61(52,53)59-26-18(12-54-60(49,50)51)57-29(24(26)46)41-11-10-19(33)38-32(41)48/h5,10-11,14-18,23-26,29-30,45-46H,1,6-9,12-13H2,2-4H3,(H,52,53)(H2,33,38,48)(H2,34,35,36)(H2,49,50,51)/t16?,17-,18-,23-,24-,25-,26-,29-,30-/m1/s1. The number of aromatic nitrogens is 6. The monoisotopic (exact) mass is 904 g/mol. The first kappa shape index (κ1) is 47.3. The van der Waals surface area contributed by atoms with E-state index in [0.717, 1.165) is 28.1 Å². The Morgan fingerprint density at radius 3 is 2.23 bits per heavy atom. The lowest BCUT2D eigenvalue weighted by atomic mass is 10.1. The van der Waals surface area contributed by atoms with Crippen LogP contribution in [0.1, 0.15) is 38.1 Å². The molecule has 3 aromatic heterocycles. The first-order valence-electron chi connectivity index (χ1n) is 18.2. The summed E-state index contributed by atoms with van der Waals surface area (Å²) >= 11 is 0. The average molecular weight is 905 g/mol. The van der Waals surface area contributed by atoms with Crippen LogP contribution < -0.4 is 17.2 Å². The number of nitrogens with zero attached hydrogens (tertiary/aromatic N) is 8. The third kappa shape index (κ3) is 11.4. The normalized spacial score (nSPS) is 25.5. The van der Waals surface area contributed by atoms with Crippen molar-refractivity contribution in [3.8, 4) is 0 Å². The van der Waals surface area contributed by atoms with E-state index in [1.54, 1.807) is 0 Å². The number of allylic oxidation sites excluding steroid dienone is 1. The van der Waals surface area contributed by atoms with E-state index in [-0.39, 0.29) is 54.4 Å². The predicted molar refractivity (Wildman–Crippen MR) is 205 cm³/mol. The largest absolute Gasteiger partial charge is 0.472 e. The Bertz CT molecular complexity index is 2240. The summed E-state index contributed by atoms with van der Waals surface area (Å²) in [4.78, 5) is 99.7. The molecular weight excluding hydrogens is 858 g/mol. The van der Waals surface area contributed by atoms with Gasteiger partial charge >= 0.3 is 27.3 Å². The molecule has 2 aliphatic heterocycles. The quantitative estimate of drug-likeness (QED) is 0.0387. The molecule has 336 valence electrons. The van der Waals surface area contributed by atoms with Crippen molar-refractivity contribution in [3.05, 3.63) is 48.1 Å². The van der Waals surface area contributed by atoms with E-state index in [1.807, 2.05) is 0 Å². The maximum atomic E-state index is 14.0. The van der Waals surface area contributed by atoms with Crippen LogP contribution in [0.15, 0.2) is 42.4 Å². The Morgan fingerprint density at radius 1 is 0.951 bits per heavy atom. The molecule has 2 fully saturated rings. The van der Waals surface area contributed by atoms with Crippen LogP contribution in [-0.4, -0.2) is 159 Å². The first-order chi connectivity index (χ1) is 28.6. The summed E-state index contributed by atoms with van der Waals surface area (Å²) in [6, 6.07) is -0.214. The molecule has 2 aliphatic rings. The number of anilines is 2. The van der Waals surface area contributed by atoms with Gasteiger partial charge in [0.05, 0.1) is 19.5 Å². The molecule has 0 aromatic carbocycles. The molecule has 29 heteroatoms. The number of hydrogen-bond acceptors (Lipinski definition) is 20. The zero-order chi connectivity index (χ0) is 45.0. The summed E-state index contributed by atoms with van der Waals surface area (Å²) in [6.45, 7) is 1.56. The molecule has 2 saturated heterocycles. The fourth-order valence-corrected chi connectivity index (χ4v) is 7.69. The number of phosphoric acid groups is 2. The molecule has 0 aliphatic carbocycles. The van der Waals surface area contributed by atoms with Crippen LogP contribution in [0.3, 0.4) is 0 Å². The molecule has 27 nitrogen and oxygen atoms in total. The van der Waals surface area contributed by atoms with Gasteiger partial charge < -0.3 is 60.4 Å². The van der Waals surface area contributed by atoms with Gasteiger partial charge in [-0.3, -0.25) is 32.3 Å². The van der Waals surface area contributed by atoms with Gasteiger partial charge in [0.2, 0.25) is 11.8 Å². The van der Waals surface area contributed by atoms with Crippen molar-refractivity contribution in [3.63, 3.8) is 0 Å². The van der Waals surface area contributed by atoms with Crippen molar-refractivity contribution in [2.24, 2.45) is 0 Å². The highest BCUT2D eigenvalue weighted by Gasteiger charge is 2.52. The van der Waals surface area contributed by atoms with Gasteiger partial charge in [-0.25, -0.2) is 33.7 Å². The van der Waals surface area contributed by atoms with Crippen LogP contribution in [0.4, 0.5) is 11.6 Å². The number of carbonyl (C=O) groups is 3. The molecule has 5 heterocycles. The van der Waals surface area contributed by atoms with Crippen LogP contribution in [0.2, 0.25) is 0 Å². The number of likely N-dealkylation sites (N-methyl/N-ethyl adjacent to an activating group) is 1. The minimum absolute atomic E-state index is 0.0286. The average Bonchev–Trinajstić information content (AvgIpc) is 3.85. The number of nitrogens with two attached hydrogens (primary N) is 2. The number of hydrogen-bond donors (Lipinski definition) is 7. The molecule has 0 saturated carbocycles. The summed E-state index contributed by atoms with van der Waals surface area (Å²) in [5, 5.41) is 22.8. The fraction of sp³-hybridized carbons (Fsp3) is 0.562. The van der Waals surface area contributed by atoms with Gasteiger partial charge in [-0.05, 0) is 18.9 Å². The van der Waals surface area contributed by atoms with Crippen LogP contribution >= 0.6 is 15.6 Å². The number of rotatable bonds is 19. The highest BCUT2D eigenvalue weighted by Crippen LogP contribution is 2.50. The second-order valence-electron chi connectivity index (χ2n) is 13.9.